The molecule has 0 spiro atoms. The zero-order valence-electron chi connectivity index (χ0n) is 8.69. The predicted octanol–water partition coefficient (Wildman–Crippen LogP) is 2.01. The highest BCUT2D eigenvalue weighted by Gasteiger charge is 2.35. The van der Waals surface area contributed by atoms with Crippen LogP contribution in [0.25, 0.3) is 0 Å². The van der Waals surface area contributed by atoms with Gasteiger partial charge < -0.3 is 10.4 Å². The first kappa shape index (κ1) is 10.6. The molecule has 0 bridgehead atoms. The highest BCUT2D eigenvalue weighted by Crippen LogP contribution is 2.33. The topological polar surface area (TPSA) is 49.3 Å². The van der Waals surface area contributed by atoms with Crippen LogP contribution in [0.1, 0.15) is 24.0 Å². The summed E-state index contributed by atoms with van der Waals surface area (Å²) in [4.78, 5) is 11.0. The maximum atomic E-state index is 11.0. The molecule has 2 rings (SSSR count). The molecule has 1 aliphatic rings. The molecule has 2 N–H and O–H groups in total. The van der Waals surface area contributed by atoms with Crippen LogP contribution in [0.4, 0.5) is 0 Å². The fourth-order valence-electron chi connectivity index (χ4n) is 1.67. The van der Waals surface area contributed by atoms with E-state index in [4.69, 9.17) is 5.11 Å². The quantitative estimate of drug-likeness (QED) is 0.806. The summed E-state index contributed by atoms with van der Waals surface area (Å²) in [5, 5.41) is 16.3. The van der Waals surface area contributed by atoms with E-state index in [1.54, 1.807) is 11.3 Å². The van der Waals surface area contributed by atoms with E-state index in [2.05, 4.69) is 23.0 Å². The molecule has 0 radical (unpaired) electrons. The van der Waals surface area contributed by atoms with Gasteiger partial charge in [-0.25, -0.2) is 0 Å². The molecule has 1 aromatic rings. The second-order valence-corrected chi connectivity index (χ2v) is 4.86. The summed E-state index contributed by atoms with van der Waals surface area (Å²) in [6, 6.07) is -0.357. The molecule has 1 saturated carbocycles. The number of rotatable bonds is 5. The van der Waals surface area contributed by atoms with Crippen molar-refractivity contribution >= 4 is 17.3 Å². The summed E-state index contributed by atoms with van der Waals surface area (Å²) >= 11 is 1.66. The van der Waals surface area contributed by atoms with Gasteiger partial charge in [-0.15, -0.1) is 0 Å². The lowest BCUT2D eigenvalue weighted by atomic mass is 10.1. The summed E-state index contributed by atoms with van der Waals surface area (Å²) in [7, 11) is 0. The van der Waals surface area contributed by atoms with Gasteiger partial charge in [-0.1, -0.05) is 0 Å². The summed E-state index contributed by atoms with van der Waals surface area (Å²) in [6.45, 7) is 2.73. The van der Waals surface area contributed by atoms with Crippen molar-refractivity contribution in [2.24, 2.45) is 5.92 Å². The van der Waals surface area contributed by atoms with E-state index in [0.29, 0.717) is 12.5 Å². The summed E-state index contributed by atoms with van der Waals surface area (Å²) in [5.41, 5.74) is 2.46. The number of thiophene rings is 1. The first-order valence-corrected chi connectivity index (χ1v) is 6.10. The van der Waals surface area contributed by atoms with E-state index in [0.717, 1.165) is 12.8 Å². The minimum atomic E-state index is -0.717. The first-order chi connectivity index (χ1) is 7.18. The van der Waals surface area contributed by atoms with Gasteiger partial charge >= 0.3 is 5.97 Å². The lowest BCUT2D eigenvalue weighted by molar-refractivity contribution is -0.140. The van der Waals surface area contributed by atoms with E-state index in [1.165, 1.54) is 11.1 Å². The monoisotopic (exact) mass is 225 g/mol. The molecule has 1 aromatic heterocycles. The van der Waals surface area contributed by atoms with Crippen LogP contribution in [0.2, 0.25) is 0 Å². The molecule has 1 aliphatic carbocycles. The van der Waals surface area contributed by atoms with Gasteiger partial charge in [0.05, 0.1) is 0 Å². The lowest BCUT2D eigenvalue weighted by Gasteiger charge is -2.13. The van der Waals surface area contributed by atoms with Gasteiger partial charge in [-0.2, -0.15) is 11.3 Å². The van der Waals surface area contributed by atoms with Gasteiger partial charge in [0, 0.05) is 6.54 Å². The molecule has 0 saturated heterocycles. The third-order valence-corrected chi connectivity index (χ3v) is 3.74. The van der Waals surface area contributed by atoms with Gasteiger partial charge in [0.2, 0.25) is 0 Å². The first-order valence-electron chi connectivity index (χ1n) is 5.16. The van der Waals surface area contributed by atoms with Crippen molar-refractivity contribution < 1.29 is 9.90 Å². The molecule has 3 nitrogen and oxygen atoms in total. The molecule has 0 aromatic carbocycles. The number of aryl methyl sites for hydroxylation is 1. The minimum absolute atomic E-state index is 0.349. The van der Waals surface area contributed by atoms with Crippen molar-refractivity contribution in [3.63, 3.8) is 0 Å². The molecule has 1 atom stereocenters. The Kier molecular flexibility index (Phi) is 3.07. The van der Waals surface area contributed by atoms with E-state index in [-0.39, 0.29) is 6.04 Å². The zero-order chi connectivity index (χ0) is 10.8. The maximum Gasteiger partial charge on any atom is 0.320 e. The molecule has 0 amide bonds. The third-order valence-electron chi connectivity index (χ3n) is 2.83. The van der Waals surface area contributed by atoms with Crippen LogP contribution in [-0.4, -0.2) is 17.1 Å². The Bertz CT molecular complexity index is 357. The lowest BCUT2D eigenvalue weighted by Crippen LogP contribution is -2.38. The molecule has 0 aliphatic heterocycles. The number of carbonyl (C=O) groups is 1. The normalized spacial score (nSPS) is 17.7. The van der Waals surface area contributed by atoms with Crippen LogP contribution >= 0.6 is 11.3 Å². The number of carboxylic acids is 1. The van der Waals surface area contributed by atoms with Crippen molar-refractivity contribution in [3.05, 3.63) is 21.9 Å². The van der Waals surface area contributed by atoms with Crippen LogP contribution in [0.3, 0.4) is 0 Å². The minimum Gasteiger partial charge on any atom is -0.480 e. The molecule has 1 fully saturated rings. The van der Waals surface area contributed by atoms with Gasteiger partial charge in [0.1, 0.15) is 6.04 Å². The van der Waals surface area contributed by atoms with Crippen molar-refractivity contribution in [1.82, 2.24) is 5.32 Å². The molecule has 4 heteroatoms. The zero-order valence-corrected chi connectivity index (χ0v) is 9.51. The molecular weight excluding hydrogens is 210 g/mol. The third kappa shape index (κ3) is 2.58. The van der Waals surface area contributed by atoms with Gasteiger partial charge in [0.25, 0.3) is 0 Å². The number of carboxylic acid groups (broad SMARTS) is 1. The second-order valence-electron chi connectivity index (χ2n) is 4.11. The Morgan fingerprint density at radius 3 is 2.87 bits per heavy atom. The van der Waals surface area contributed by atoms with E-state index in [9.17, 15) is 4.79 Å². The van der Waals surface area contributed by atoms with Crippen molar-refractivity contribution in [1.29, 1.82) is 0 Å². The standard InChI is InChI=1S/C11H15NO2S/c1-7-5-15-6-9(7)4-12-10(11(13)14)8-2-3-8/h5-6,8,10,12H,2-4H2,1H3,(H,13,14). The van der Waals surface area contributed by atoms with Crippen LogP contribution in [0, 0.1) is 12.8 Å². The summed E-state index contributed by atoms with van der Waals surface area (Å²) in [5.74, 6) is -0.369. The van der Waals surface area contributed by atoms with Crippen LogP contribution in [-0.2, 0) is 11.3 Å². The average molecular weight is 225 g/mol. The van der Waals surface area contributed by atoms with Crippen molar-refractivity contribution in [2.45, 2.75) is 32.4 Å². The molecule has 1 unspecified atom stereocenters. The summed E-state index contributed by atoms with van der Waals surface area (Å²) in [6.07, 6.45) is 2.10. The Morgan fingerprint density at radius 2 is 2.40 bits per heavy atom. The Hall–Kier alpha value is -0.870. The number of nitrogens with one attached hydrogen (secondary N) is 1. The van der Waals surface area contributed by atoms with Crippen LogP contribution < -0.4 is 5.32 Å². The Labute approximate surface area is 93.1 Å². The molecular formula is C11H15NO2S. The molecule has 15 heavy (non-hydrogen) atoms. The Morgan fingerprint density at radius 1 is 1.67 bits per heavy atom. The van der Waals surface area contributed by atoms with Crippen molar-refractivity contribution in [2.75, 3.05) is 0 Å². The van der Waals surface area contributed by atoms with Crippen LogP contribution in [0.5, 0.6) is 0 Å². The fourth-order valence-corrected chi connectivity index (χ4v) is 2.53. The summed E-state index contributed by atoms with van der Waals surface area (Å²) < 4.78 is 0. The largest absolute Gasteiger partial charge is 0.480 e. The predicted molar refractivity (Wildman–Crippen MR) is 60.0 cm³/mol. The van der Waals surface area contributed by atoms with Gasteiger partial charge in [-0.3, -0.25) is 4.79 Å². The maximum absolute atomic E-state index is 11.0. The van der Waals surface area contributed by atoms with E-state index < -0.39 is 5.97 Å². The Balaban J connectivity index is 1.91. The molecule has 82 valence electrons. The van der Waals surface area contributed by atoms with Crippen LogP contribution in [0.15, 0.2) is 10.8 Å². The smallest absolute Gasteiger partial charge is 0.320 e. The average Bonchev–Trinajstić information content (AvgIpc) is 2.92. The fraction of sp³-hybridized carbons (Fsp3) is 0.545. The number of aliphatic carboxylic acids is 1. The van der Waals surface area contributed by atoms with E-state index >= 15 is 0 Å². The number of hydrogen-bond donors (Lipinski definition) is 2. The number of hydrogen-bond acceptors (Lipinski definition) is 3. The van der Waals surface area contributed by atoms with Gasteiger partial charge in [-0.05, 0) is 47.6 Å². The van der Waals surface area contributed by atoms with Crippen molar-refractivity contribution in [3.8, 4) is 0 Å². The van der Waals surface area contributed by atoms with Gasteiger partial charge in [0.15, 0.2) is 0 Å². The second kappa shape index (κ2) is 4.33. The highest BCUT2D eigenvalue weighted by molar-refractivity contribution is 7.08. The SMILES string of the molecule is Cc1cscc1CNC(C(=O)O)C1CC1. The van der Waals surface area contributed by atoms with E-state index in [1.807, 2.05) is 0 Å². The molecule has 1 heterocycles. The highest BCUT2D eigenvalue weighted by atomic mass is 32.1.